The molecule has 3 amide bonds. The average molecular weight is 545 g/mol. The highest BCUT2D eigenvalue weighted by atomic mass is 19.1. The van der Waals surface area contributed by atoms with Crippen molar-refractivity contribution < 1.29 is 37.4 Å². The number of fused-ring (bicyclic) bond motifs is 1. The van der Waals surface area contributed by atoms with Crippen LogP contribution < -0.4 is 15.5 Å². The van der Waals surface area contributed by atoms with E-state index >= 15 is 8.78 Å². The van der Waals surface area contributed by atoms with Gasteiger partial charge in [0.15, 0.2) is 0 Å². The summed E-state index contributed by atoms with van der Waals surface area (Å²) in [7, 11) is 0. The Hall–Kier alpha value is -3.80. The van der Waals surface area contributed by atoms with E-state index in [0.717, 1.165) is 17.0 Å². The Balaban J connectivity index is 1.36. The Labute approximate surface area is 224 Å². The number of benzene rings is 1. The SMILES string of the molecule is CC(=O)NC[C@H]1CN(c2cc(F)c(-c3ccc(C4(NC(=O)OC(C)(C)C)[C@@H]5COC[C@@H]54)nc3)c(F)c2)C(=O)O1. The Kier molecular flexibility index (Phi) is 6.69. The Morgan fingerprint density at radius 3 is 2.41 bits per heavy atom. The minimum absolute atomic E-state index is 0.0000245. The normalized spacial score (nSPS) is 25.6. The highest BCUT2D eigenvalue weighted by Gasteiger charge is 2.70. The molecule has 208 valence electrons. The lowest BCUT2D eigenvalue weighted by Crippen LogP contribution is -2.43. The van der Waals surface area contributed by atoms with Crippen molar-refractivity contribution >= 4 is 23.8 Å². The monoisotopic (exact) mass is 544 g/mol. The maximum Gasteiger partial charge on any atom is 0.414 e. The van der Waals surface area contributed by atoms with Gasteiger partial charge in [-0.15, -0.1) is 0 Å². The number of halogens is 2. The van der Waals surface area contributed by atoms with Crippen molar-refractivity contribution in [1.82, 2.24) is 15.6 Å². The number of carbonyl (C=O) groups is 3. The minimum Gasteiger partial charge on any atom is -0.444 e. The number of aromatic nitrogens is 1. The summed E-state index contributed by atoms with van der Waals surface area (Å²) < 4.78 is 46.5. The molecule has 2 aliphatic heterocycles. The van der Waals surface area contributed by atoms with Gasteiger partial charge in [-0.05, 0) is 39.0 Å². The van der Waals surface area contributed by atoms with Crippen molar-refractivity contribution in [2.24, 2.45) is 11.8 Å². The summed E-state index contributed by atoms with van der Waals surface area (Å²) in [6, 6.07) is 5.30. The maximum atomic E-state index is 15.2. The third-order valence-electron chi connectivity index (χ3n) is 7.12. The fraction of sp³-hybridized carbons (Fsp3) is 0.481. The molecule has 10 nitrogen and oxygen atoms in total. The lowest BCUT2D eigenvalue weighted by atomic mass is 10.0. The summed E-state index contributed by atoms with van der Waals surface area (Å²) in [6.45, 7) is 7.69. The molecule has 1 saturated carbocycles. The predicted molar refractivity (Wildman–Crippen MR) is 135 cm³/mol. The van der Waals surface area contributed by atoms with Crippen LogP contribution in [0.4, 0.5) is 24.1 Å². The van der Waals surface area contributed by atoms with Crippen LogP contribution >= 0.6 is 0 Å². The largest absolute Gasteiger partial charge is 0.444 e. The molecule has 1 aliphatic carbocycles. The molecule has 5 rings (SSSR count). The number of hydrogen-bond acceptors (Lipinski definition) is 7. The second-order valence-corrected chi connectivity index (χ2v) is 11.0. The number of alkyl carbamates (subject to hydrolysis) is 1. The molecule has 0 bridgehead atoms. The van der Waals surface area contributed by atoms with Gasteiger partial charge in [0.1, 0.15) is 23.3 Å². The van der Waals surface area contributed by atoms with Crippen molar-refractivity contribution in [3.05, 3.63) is 47.8 Å². The number of ether oxygens (including phenoxy) is 3. The smallest absolute Gasteiger partial charge is 0.414 e. The lowest BCUT2D eigenvalue weighted by Gasteiger charge is -2.26. The number of carbonyl (C=O) groups excluding carboxylic acids is 3. The van der Waals surface area contributed by atoms with Crippen LogP contribution in [0, 0.1) is 23.5 Å². The minimum atomic E-state index is -0.879. The van der Waals surface area contributed by atoms with Gasteiger partial charge in [-0.1, -0.05) is 6.07 Å². The van der Waals surface area contributed by atoms with Gasteiger partial charge in [0.25, 0.3) is 0 Å². The average Bonchev–Trinajstić information content (AvgIpc) is 3.18. The summed E-state index contributed by atoms with van der Waals surface area (Å²) in [6.07, 6.45) is -0.616. The van der Waals surface area contributed by atoms with E-state index in [1.54, 1.807) is 32.9 Å². The van der Waals surface area contributed by atoms with Gasteiger partial charge in [0.2, 0.25) is 5.91 Å². The van der Waals surface area contributed by atoms with Crippen LogP contribution in [0.5, 0.6) is 0 Å². The van der Waals surface area contributed by atoms with Gasteiger partial charge >= 0.3 is 12.2 Å². The van der Waals surface area contributed by atoms with Crippen molar-refractivity contribution in [3.63, 3.8) is 0 Å². The molecule has 2 aromatic rings. The second-order valence-electron chi connectivity index (χ2n) is 11.0. The standard InChI is InChI=1S/C27H30F2N4O6/c1-14(34)30-10-17-11-33(25(36)38-17)16-7-20(28)23(21(29)8-16)15-5-6-22(31-9-15)27(18-12-37-13-19(18)27)32-24(35)39-26(2,3)4/h5-9,17-19H,10-13H2,1-4H3,(H,30,34)(H,32,35)/t17-,18-,19+,27?/m0/s1. The van der Waals surface area contributed by atoms with Gasteiger partial charge in [-0.2, -0.15) is 0 Å². The number of hydrogen-bond donors (Lipinski definition) is 2. The number of nitrogens with one attached hydrogen (secondary N) is 2. The van der Waals surface area contributed by atoms with E-state index in [2.05, 4.69) is 15.6 Å². The molecule has 12 heteroatoms. The van der Waals surface area contributed by atoms with Crippen molar-refractivity contribution in [3.8, 4) is 11.1 Å². The van der Waals surface area contributed by atoms with E-state index < -0.39 is 41.1 Å². The summed E-state index contributed by atoms with van der Waals surface area (Å²) in [4.78, 5) is 41.6. The third kappa shape index (κ3) is 5.12. The van der Waals surface area contributed by atoms with Crippen molar-refractivity contribution in [2.45, 2.75) is 44.9 Å². The summed E-state index contributed by atoms with van der Waals surface area (Å²) in [5.41, 5.74) is -0.999. The van der Waals surface area contributed by atoms with E-state index in [1.165, 1.54) is 13.1 Å². The molecular formula is C27H30F2N4O6. The van der Waals surface area contributed by atoms with Crippen molar-refractivity contribution in [1.29, 1.82) is 0 Å². The molecule has 3 fully saturated rings. The Morgan fingerprint density at radius 1 is 1.18 bits per heavy atom. The fourth-order valence-electron chi connectivity index (χ4n) is 5.33. The first-order chi connectivity index (χ1) is 18.4. The van der Waals surface area contributed by atoms with E-state index in [-0.39, 0.29) is 47.6 Å². The first-order valence-corrected chi connectivity index (χ1v) is 12.7. The zero-order chi connectivity index (χ0) is 28.1. The van der Waals surface area contributed by atoms with E-state index in [9.17, 15) is 14.4 Å². The predicted octanol–water partition coefficient (Wildman–Crippen LogP) is 3.48. The highest BCUT2D eigenvalue weighted by molar-refractivity contribution is 5.90. The number of cyclic esters (lactones) is 1. The third-order valence-corrected chi connectivity index (χ3v) is 7.12. The molecule has 3 heterocycles. The zero-order valence-electron chi connectivity index (χ0n) is 22.0. The van der Waals surface area contributed by atoms with Crippen LogP contribution in [-0.2, 0) is 24.5 Å². The molecule has 1 aromatic heterocycles. The van der Waals surface area contributed by atoms with E-state index in [4.69, 9.17) is 14.2 Å². The van der Waals surface area contributed by atoms with Crippen molar-refractivity contribution in [2.75, 3.05) is 31.2 Å². The van der Waals surface area contributed by atoms with Crippen LogP contribution in [0.25, 0.3) is 11.1 Å². The summed E-state index contributed by atoms with van der Waals surface area (Å²) >= 11 is 0. The topological polar surface area (TPSA) is 119 Å². The van der Waals surface area contributed by atoms with Gasteiger partial charge in [-0.3, -0.25) is 14.7 Å². The molecule has 0 radical (unpaired) electrons. The lowest BCUT2D eigenvalue weighted by molar-refractivity contribution is -0.119. The van der Waals surface area contributed by atoms with Gasteiger partial charge < -0.3 is 24.8 Å². The number of rotatable bonds is 6. The molecular weight excluding hydrogens is 514 g/mol. The fourth-order valence-corrected chi connectivity index (χ4v) is 5.33. The molecule has 1 aromatic carbocycles. The van der Waals surface area contributed by atoms with Crippen LogP contribution in [0.3, 0.4) is 0 Å². The quantitative estimate of drug-likeness (QED) is 0.572. The van der Waals surface area contributed by atoms with Crippen LogP contribution in [0.2, 0.25) is 0 Å². The Morgan fingerprint density at radius 2 is 1.85 bits per heavy atom. The zero-order valence-corrected chi connectivity index (χ0v) is 22.0. The summed E-state index contributed by atoms with van der Waals surface area (Å²) in [5.74, 6) is -2.00. The number of amides is 3. The molecule has 0 spiro atoms. The molecule has 2 N–H and O–H groups in total. The van der Waals surface area contributed by atoms with Crippen LogP contribution in [0.1, 0.15) is 33.4 Å². The number of anilines is 1. The van der Waals surface area contributed by atoms with Crippen LogP contribution in [-0.4, -0.2) is 61.1 Å². The first kappa shape index (κ1) is 26.8. The molecule has 2 saturated heterocycles. The molecule has 1 unspecified atom stereocenters. The number of nitrogens with zero attached hydrogens (tertiary/aromatic N) is 2. The Bertz CT molecular complexity index is 1280. The highest BCUT2D eigenvalue weighted by Crippen LogP contribution is 2.60. The van der Waals surface area contributed by atoms with Gasteiger partial charge in [0, 0.05) is 30.5 Å². The number of pyridine rings is 1. The maximum absolute atomic E-state index is 15.2. The molecule has 39 heavy (non-hydrogen) atoms. The van der Waals surface area contributed by atoms with Gasteiger partial charge in [0.05, 0.1) is 48.8 Å². The molecule has 4 atom stereocenters. The summed E-state index contributed by atoms with van der Waals surface area (Å²) in [5, 5.41) is 5.51. The first-order valence-electron chi connectivity index (χ1n) is 12.7. The van der Waals surface area contributed by atoms with Crippen LogP contribution in [0.15, 0.2) is 30.5 Å². The van der Waals surface area contributed by atoms with Gasteiger partial charge in [-0.25, -0.2) is 18.4 Å². The van der Waals surface area contributed by atoms with E-state index in [1.807, 2.05) is 0 Å². The molecule has 3 aliphatic rings. The van der Waals surface area contributed by atoms with E-state index in [0.29, 0.717) is 18.9 Å². The second kappa shape index (κ2) is 9.74.